The minimum atomic E-state index is -3.50. The number of aryl methyl sites for hydroxylation is 1. The van der Waals surface area contributed by atoms with E-state index in [1.54, 1.807) is 25.0 Å². The van der Waals surface area contributed by atoms with Crippen molar-refractivity contribution in [1.82, 2.24) is 9.97 Å². The van der Waals surface area contributed by atoms with Crippen LogP contribution in [0.25, 0.3) is 0 Å². The summed E-state index contributed by atoms with van der Waals surface area (Å²) in [7, 11) is -3.50. The third-order valence-corrected chi connectivity index (χ3v) is 7.67. The molecule has 0 bridgehead atoms. The summed E-state index contributed by atoms with van der Waals surface area (Å²) in [4.78, 5) is 20.2. The normalized spacial score (nSPS) is 22.1. The summed E-state index contributed by atoms with van der Waals surface area (Å²) in [5.41, 5.74) is 6.19. The number of fused-ring (bicyclic) bond motifs is 1. The summed E-state index contributed by atoms with van der Waals surface area (Å²) >= 11 is 0. The van der Waals surface area contributed by atoms with E-state index < -0.39 is 15.7 Å². The van der Waals surface area contributed by atoms with Crippen molar-refractivity contribution in [3.05, 3.63) is 65.8 Å². The van der Waals surface area contributed by atoms with Gasteiger partial charge in [-0.3, -0.25) is 4.99 Å². The fourth-order valence-electron chi connectivity index (χ4n) is 4.51. The molecule has 0 spiro atoms. The monoisotopic (exact) mass is 496 g/mol. The van der Waals surface area contributed by atoms with Gasteiger partial charge in [0.25, 0.3) is 0 Å². The Hall–Kier alpha value is -3.44. The standard InChI is InChI=1S/C24H27FN7O2S/c1-3-17-13-27-24(28-14-17)31-9-6-18(7-10-31)23-22-15-26-8-11-32(22,16-29-23)30-21-5-4-19(12-20(21)25)35(2,33)34/h4-5,8,11-16,18,30H,3,6-7,9-10H2,1-2H3/q+1. The maximum atomic E-state index is 14.8. The van der Waals surface area contributed by atoms with Crippen LogP contribution in [0.4, 0.5) is 16.0 Å². The second-order valence-corrected chi connectivity index (χ2v) is 10.9. The fourth-order valence-corrected chi connectivity index (χ4v) is 5.15. The Labute approximate surface area is 203 Å². The molecule has 1 atom stereocenters. The van der Waals surface area contributed by atoms with E-state index in [4.69, 9.17) is 4.99 Å². The lowest BCUT2D eigenvalue weighted by atomic mass is 9.92. The molecular weight excluding hydrogens is 469 g/mol. The molecule has 0 radical (unpaired) electrons. The summed E-state index contributed by atoms with van der Waals surface area (Å²) in [5.74, 6) is 0.305. The molecule has 11 heteroatoms. The second-order valence-electron chi connectivity index (χ2n) is 8.90. The number of nitrogens with one attached hydrogen (secondary N) is 1. The van der Waals surface area contributed by atoms with Gasteiger partial charge >= 0.3 is 0 Å². The first kappa shape index (κ1) is 23.3. The summed E-state index contributed by atoms with van der Waals surface area (Å²) in [6, 6.07) is 3.85. The van der Waals surface area contributed by atoms with Crippen molar-refractivity contribution in [2.75, 3.05) is 29.7 Å². The molecule has 3 aliphatic rings. The van der Waals surface area contributed by atoms with Crippen LogP contribution < -0.4 is 10.3 Å². The van der Waals surface area contributed by atoms with Gasteiger partial charge in [-0.15, -0.1) is 4.59 Å². The number of aromatic nitrogens is 2. The highest BCUT2D eigenvalue weighted by Gasteiger charge is 2.42. The summed E-state index contributed by atoms with van der Waals surface area (Å²) in [5, 5.41) is 0. The minimum absolute atomic E-state index is 0.0181. The van der Waals surface area contributed by atoms with Crippen molar-refractivity contribution in [1.29, 1.82) is 0 Å². The molecule has 9 nitrogen and oxygen atoms in total. The molecule has 2 aromatic rings. The molecule has 1 saturated heterocycles. The maximum absolute atomic E-state index is 14.8. The van der Waals surface area contributed by atoms with Gasteiger partial charge in [-0.25, -0.2) is 28.2 Å². The van der Waals surface area contributed by atoms with Crippen LogP contribution in [0.3, 0.4) is 0 Å². The van der Waals surface area contributed by atoms with Gasteiger partial charge in [-0.05, 0) is 43.0 Å². The molecule has 35 heavy (non-hydrogen) atoms. The van der Waals surface area contributed by atoms with Crippen molar-refractivity contribution >= 4 is 34.0 Å². The molecule has 0 amide bonds. The number of aliphatic imine (C=N–C) groups is 2. The van der Waals surface area contributed by atoms with Gasteiger partial charge in [0.15, 0.2) is 21.9 Å². The van der Waals surface area contributed by atoms with Crippen molar-refractivity contribution < 1.29 is 17.4 Å². The lowest BCUT2D eigenvalue weighted by Crippen LogP contribution is -2.46. The van der Waals surface area contributed by atoms with Gasteiger partial charge in [-0.2, -0.15) is 4.99 Å². The van der Waals surface area contributed by atoms with E-state index in [1.165, 1.54) is 12.1 Å². The number of anilines is 2. The number of hydrogen-bond donors (Lipinski definition) is 1. The second kappa shape index (κ2) is 8.97. The van der Waals surface area contributed by atoms with E-state index in [9.17, 15) is 12.8 Å². The first-order chi connectivity index (χ1) is 16.8. The highest BCUT2D eigenvalue weighted by molar-refractivity contribution is 7.90. The molecule has 182 valence electrons. The topological polar surface area (TPSA) is 99.9 Å². The van der Waals surface area contributed by atoms with E-state index >= 15 is 0 Å². The van der Waals surface area contributed by atoms with Crippen LogP contribution in [-0.2, 0) is 16.3 Å². The molecule has 0 saturated carbocycles. The Morgan fingerprint density at radius 3 is 2.60 bits per heavy atom. The molecule has 3 aliphatic heterocycles. The fraction of sp³-hybridized carbons (Fsp3) is 0.333. The summed E-state index contributed by atoms with van der Waals surface area (Å²) in [6.45, 7) is 3.70. The van der Waals surface area contributed by atoms with Crippen LogP contribution in [0, 0.1) is 11.7 Å². The number of halogens is 1. The van der Waals surface area contributed by atoms with Gasteiger partial charge in [0.05, 0.1) is 17.3 Å². The van der Waals surface area contributed by atoms with Crippen LogP contribution in [0.5, 0.6) is 0 Å². The number of piperidine rings is 1. The zero-order valence-electron chi connectivity index (χ0n) is 19.6. The molecule has 1 N–H and O–H groups in total. The maximum Gasteiger partial charge on any atom is 0.225 e. The Bertz CT molecular complexity index is 1360. The molecule has 4 heterocycles. The highest BCUT2D eigenvalue weighted by Crippen LogP contribution is 2.37. The van der Waals surface area contributed by atoms with Gasteiger partial charge < -0.3 is 4.90 Å². The number of hydrogen-bond acceptors (Lipinski definition) is 8. The van der Waals surface area contributed by atoms with E-state index in [1.807, 2.05) is 12.4 Å². The Morgan fingerprint density at radius 1 is 1.20 bits per heavy atom. The van der Waals surface area contributed by atoms with Crippen LogP contribution in [0.1, 0.15) is 25.3 Å². The third-order valence-electron chi connectivity index (χ3n) is 6.56. The van der Waals surface area contributed by atoms with Gasteiger partial charge in [-0.1, -0.05) is 6.92 Å². The van der Waals surface area contributed by atoms with E-state index in [2.05, 4.69) is 32.2 Å². The quantitative estimate of drug-likeness (QED) is 0.615. The molecular formula is C24H27FN7O2S+. The predicted molar refractivity (Wildman–Crippen MR) is 133 cm³/mol. The molecule has 1 unspecified atom stereocenters. The number of rotatable bonds is 6. The van der Waals surface area contributed by atoms with Crippen LogP contribution in [0.2, 0.25) is 0 Å². The summed E-state index contributed by atoms with van der Waals surface area (Å²) < 4.78 is 38.3. The van der Waals surface area contributed by atoms with Gasteiger partial charge in [0.2, 0.25) is 18.0 Å². The van der Waals surface area contributed by atoms with Crippen molar-refractivity contribution in [2.24, 2.45) is 15.9 Å². The van der Waals surface area contributed by atoms with E-state index in [0.29, 0.717) is 0 Å². The van der Waals surface area contributed by atoms with E-state index in [-0.39, 0.29) is 21.1 Å². The average Bonchev–Trinajstić information content (AvgIpc) is 3.24. The average molecular weight is 497 g/mol. The highest BCUT2D eigenvalue weighted by atomic mass is 32.2. The first-order valence-corrected chi connectivity index (χ1v) is 13.4. The number of sulfone groups is 1. The SMILES string of the molecule is CCc1cnc(N2CCC(C3=C4C=NC=C[N+]4(Nc4ccc(S(C)(=O)=O)cc4F)C=N3)CC2)nc1. The van der Waals surface area contributed by atoms with Crippen LogP contribution >= 0.6 is 0 Å². The number of allylic oxidation sites excluding steroid dienone is 2. The van der Waals surface area contributed by atoms with E-state index in [0.717, 1.165) is 67.6 Å². The van der Waals surface area contributed by atoms with Crippen molar-refractivity contribution in [3.8, 4) is 0 Å². The third kappa shape index (κ3) is 4.48. The number of nitrogens with zero attached hydrogens (tertiary/aromatic N) is 6. The first-order valence-electron chi connectivity index (χ1n) is 11.5. The zero-order chi connectivity index (χ0) is 24.6. The Kier molecular flexibility index (Phi) is 5.97. The van der Waals surface area contributed by atoms with Gasteiger partial charge in [0.1, 0.15) is 11.4 Å². The van der Waals surface area contributed by atoms with Crippen LogP contribution in [-0.4, -0.2) is 54.9 Å². The lowest BCUT2D eigenvalue weighted by Gasteiger charge is -2.33. The molecule has 0 aliphatic carbocycles. The minimum Gasteiger partial charge on any atom is -0.341 e. The molecule has 1 fully saturated rings. The molecule has 1 aromatic carbocycles. The smallest absolute Gasteiger partial charge is 0.225 e. The Morgan fingerprint density at radius 2 is 1.94 bits per heavy atom. The predicted octanol–water partition coefficient (Wildman–Crippen LogP) is 3.45. The number of quaternary nitrogens is 1. The van der Waals surface area contributed by atoms with Crippen molar-refractivity contribution in [3.63, 3.8) is 0 Å². The Balaban J connectivity index is 1.35. The summed E-state index contributed by atoms with van der Waals surface area (Å²) in [6.07, 6.45) is 14.4. The zero-order valence-corrected chi connectivity index (χ0v) is 20.4. The lowest BCUT2D eigenvalue weighted by molar-refractivity contribution is -0.705. The van der Waals surface area contributed by atoms with Crippen molar-refractivity contribution in [2.45, 2.75) is 31.1 Å². The molecule has 5 rings (SSSR count). The largest absolute Gasteiger partial charge is 0.341 e. The number of benzene rings is 1. The molecule has 1 aromatic heterocycles. The van der Waals surface area contributed by atoms with Gasteiger partial charge in [0, 0.05) is 37.7 Å². The van der Waals surface area contributed by atoms with Crippen LogP contribution in [0.15, 0.2) is 69.3 Å².